The van der Waals surface area contributed by atoms with Gasteiger partial charge in [0.1, 0.15) is 0 Å². The third-order valence-corrected chi connectivity index (χ3v) is 6.37. The maximum absolute atomic E-state index is 12.6. The fourth-order valence-electron chi connectivity index (χ4n) is 3.93. The summed E-state index contributed by atoms with van der Waals surface area (Å²) in [6, 6.07) is 4.91. The molecule has 148 valence electrons. The Bertz CT molecular complexity index is 684. The van der Waals surface area contributed by atoms with E-state index in [0.717, 1.165) is 68.8 Å². The van der Waals surface area contributed by atoms with Gasteiger partial charge in [-0.3, -0.25) is 14.9 Å². The van der Waals surface area contributed by atoms with E-state index < -0.39 is 0 Å². The molecule has 7 nitrogen and oxygen atoms in total. The fraction of sp³-hybridized carbons (Fsp3) is 0.632. The lowest BCUT2D eigenvalue weighted by atomic mass is 9.92. The normalized spacial score (nSPS) is 19.3. The predicted molar refractivity (Wildman–Crippen MR) is 109 cm³/mol. The van der Waals surface area contributed by atoms with Crippen molar-refractivity contribution < 1.29 is 9.72 Å². The standard InChI is InChI=1S/C19H27BrN4O3/c1-2-21-9-11-23(12-10-21)19(25)13-15-5-7-22(8-6-15)18-4-3-16(24(26)27)14-17(18)20/h3-4,14-15H,2,5-13H2,1H3. The van der Waals surface area contributed by atoms with Gasteiger partial charge >= 0.3 is 0 Å². The first-order valence-electron chi connectivity index (χ1n) is 9.67. The molecule has 1 aromatic carbocycles. The highest BCUT2D eigenvalue weighted by molar-refractivity contribution is 9.10. The maximum atomic E-state index is 12.6. The van der Waals surface area contributed by atoms with Crippen LogP contribution in [-0.4, -0.2) is 66.4 Å². The summed E-state index contributed by atoms with van der Waals surface area (Å²) in [5, 5.41) is 10.9. The summed E-state index contributed by atoms with van der Waals surface area (Å²) in [5.74, 6) is 0.718. The first-order valence-corrected chi connectivity index (χ1v) is 10.5. The molecule has 0 radical (unpaired) electrons. The van der Waals surface area contributed by atoms with Crippen LogP contribution in [0, 0.1) is 16.0 Å². The molecule has 0 bridgehead atoms. The molecule has 2 heterocycles. The van der Waals surface area contributed by atoms with Gasteiger partial charge in [-0.2, -0.15) is 0 Å². The molecule has 0 atom stereocenters. The van der Waals surface area contributed by atoms with Gasteiger partial charge in [0.2, 0.25) is 5.91 Å². The van der Waals surface area contributed by atoms with Crippen LogP contribution in [-0.2, 0) is 4.79 Å². The van der Waals surface area contributed by atoms with Crippen LogP contribution in [0.4, 0.5) is 11.4 Å². The molecular weight excluding hydrogens is 412 g/mol. The van der Waals surface area contributed by atoms with Gasteiger partial charge in [-0.05, 0) is 47.3 Å². The number of nitro groups is 1. The van der Waals surface area contributed by atoms with E-state index in [1.807, 2.05) is 4.90 Å². The number of halogens is 1. The molecule has 0 spiro atoms. The molecule has 2 fully saturated rings. The van der Waals surface area contributed by atoms with E-state index >= 15 is 0 Å². The molecule has 2 aliphatic heterocycles. The van der Waals surface area contributed by atoms with Gasteiger partial charge in [0.15, 0.2) is 0 Å². The van der Waals surface area contributed by atoms with Gasteiger partial charge in [-0.25, -0.2) is 0 Å². The third kappa shape index (κ3) is 4.99. The van der Waals surface area contributed by atoms with E-state index in [1.165, 1.54) is 0 Å². The van der Waals surface area contributed by atoms with Crippen LogP contribution < -0.4 is 4.90 Å². The highest BCUT2D eigenvalue weighted by Crippen LogP contribution is 2.33. The molecule has 3 rings (SSSR count). The molecule has 27 heavy (non-hydrogen) atoms. The molecule has 1 aromatic rings. The molecule has 0 unspecified atom stereocenters. The van der Waals surface area contributed by atoms with E-state index in [9.17, 15) is 14.9 Å². The Morgan fingerprint density at radius 3 is 2.41 bits per heavy atom. The van der Waals surface area contributed by atoms with E-state index in [4.69, 9.17) is 0 Å². The molecular formula is C19H27BrN4O3. The largest absolute Gasteiger partial charge is 0.371 e. The number of non-ortho nitro benzene ring substituents is 1. The van der Waals surface area contributed by atoms with Gasteiger partial charge in [-0.1, -0.05) is 6.92 Å². The first kappa shape index (κ1) is 20.1. The van der Waals surface area contributed by atoms with Gasteiger partial charge < -0.3 is 14.7 Å². The molecule has 2 aliphatic rings. The van der Waals surface area contributed by atoms with Crippen molar-refractivity contribution in [2.24, 2.45) is 5.92 Å². The van der Waals surface area contributed by atoms with Crippen molar-refractivity contribution in [2.75, 3.05) is 50.7 Å². The topological polar surface area (TPSA) is 69.9 Å². The van der Waals surface area contributed by atoms with Crippen LogP contribution in [0.1, 0.15) is 26.2 Å². The Labute approximate surface area is 168 Å². The summed E-state index contributed by atoms with van der Waals surface area (Å²) in [6.07, 6.45) is 2.59. The molecule has 0 N–H and O–H groups in total. The van der Waals surface area contributed by atoms with Crippen molar-refractivity contribution >= 4 is 33.2 Å². The molecule has 0 aromatic heterocycles. The van der Waals surface area contributed by atoms with E-state index in [-0.39, 0.29) is 10.6 Å². The number of rotatable bonds is 5. The first-order chi connectivity index (χ1) is 13.0. The predicted octanol–water partition coefficient (Wildman–Crippen LogP) is 3.13. The third-order valence-electron chi connectivity index (χ3n) is 5.73. The Morgan fingerprint density at radius 2 is 1.85 bits per heavy atom. The second-order valence-electron chi connectivity index (χ2n) is 7.34. The lowest BCUT2D eigenvalue weighted by Gasteiger charge is -2.37. The monoisotopic (exact) mass is 438 g/mol. The Balaban J connectivity index is 1.49. The van der Waals surface area contributed by atoms with Crippen LogP contribution in [0.2, 0.25) is 0 Å². The maximum Gasteiger partial charge on any atom is 0.270 e. The number of benzene rings is 1. The highest BCUT2D eigenvalue weighted by atomic mass is 79.9. The molecule has 2 saturated heterocycles. The van der Waals surface area contributed by atoms with Crippen LogP contribution in [0.15, 0.2) is 22.7 Å². The number of amides is 1. The number of nitrogens with zero attached hydrogens (tertiary/aromatic N) is 4. The summed E-state index contributed by atoms with van der Waals surface area (Å²) in [5.41, 5.74) is 1.08. The van der Waals surface area contributed by atoms with E-state index in [0.29, 0.717) is 18.2 Å². The summed E-state index contributed by atoms with van der Waals surface area (Å²) < 4.78 is 0.750. The number of carbonyl (C=O) groups is 1. The minimum atomic E-state index is -0.382. The number of anilines is 1. The zero-order valence-electron chi connectivity index (χ0n) is 15.8. The number of carbonyl (C=O) groups excluding carboxylic acids is 1. The molecule has 0 saturated carbocycles. The quantitative estimate of drug-likeness (QED) is 0.521. The highest BCUT2D eigenvalue weighted by Gasteiger charge is 2.26. The van der Waals surface area contributed by atoms with Gasteiger partial charge in [0.05, 0.1) is 10.6 Å². The Kier molecular flexibility index (Phi) is 6.70. The van der Waals surface area contributed by atoms with Crippen molar-refractivity contribution in [3.05, 3.63) is 32.8 Å². The van der Waals surface area contributed by atoms with Gasteiger partial charge in [0.25, 0.3) is 5.69 Å². The van der Waals surface area contributed by atoms with E-state index in [2.05, 4.69) is 32.7 Å². The Morgan fingerprint density at radius 1 is 1.19 bits per heavy atom. The van der Waals surface area contributed by atoms with Crippen molar-refractivity contribution in [3.63, 3.8) is 0 Å². The zero-order chi connectivity index (χ0) is 19.4. The van der Waals surface area contributed by atoms with Crippen LogP contribution in [0.3, 0.4) is 0 Å². The summed E-state index contributed by atoms with van der Waals surface area (Å²) >= 11 is 3.46. The van der Waals surface area contributed by atoms with Crippen LogP contribution in [0.5, 0.6) is 0 Å². The van der Waals surface area contributed by atoms with Gasteiger partial charge in [0, 0.05) is 62.3 Å². The second kappa shape index (κ2) is 9.01. The van der Waals surface area contributed by atoms with E-state index in [1.54, 1.807) is 18.2 Å². The summed E-state index contributed by atoms with van der Waals surface area (Å²) in [6.45, 7) is 8.62. The number of piperidine rings is 1. The van der Waals surface area contributed by atoms with Gasteiger partial charge in [-0.15, -0.1) is 0 Å². The Hall–Kier alpha value is -1.67. The fourth-order valence-corrected chi connectivity index (χ4v) is 4.55. The minimum Gasteiger partial charge on any atom is -0.371 e. The van der Waals surface area contributed by atoms with Crippen LogP contribution >= 0.6 is 15.9 Å². The molecule has 1 amide bonds. The number of piperazine rings is 1. The SMILES string of the molecule is CCN1CCN(C(=O)CC2CCN(c3ccc([N+](=O)[O-])cc3Br)CC2)CC1. The lowest BCUT2D eigenvalue weighted by Crippen LogP contribution is -2.49. The van der Waals surface area contributed by atoms with Crippen LogP contribution in [0.25, 0.3) is 0 Å². The smallest absolute Gasteiger partial charge is 0.270 e. The summed E-state index contributed by atoms with van der Waals surface area (Å²) in [4.78, 5) is 29.7. The average Bonchev–Trinajstić information content (AvgIpc) is 2.68. The zero-order valence-corrected chi connectivity index (χ0v) is 17.4. The van der Waals surface area contributed by atoms with Crippen molar-refractivity contribution in [2.45, 2.75) is 26.2 Å². The van der Waals surface area contributed by atoms with Crippen molar-refractivity contribution in [1.82, 2.24) is 9.80 Å². The second-order valence-corrected chi connectivity index (χ2v) is 8.20. The van der Waals surface area contributed by atoms with Crippen molar-refractivity contribution in [1.29, 1.82) is 0 Å². The molecule has 8 heteroatoms. The van der Waals surface area contributed by atoms with Crippen molar-refractivity contribution in [3.8, 4) is 0 Å². The number of hydrogen-bond acceptors (Lipinski definition) is 5. The summed E-state index contributed by atoms with van der Waals surface area (Å²) in [7, 11) is 0. The average molecular weight is 439 g/mol. The number of likely N-dealkylation sites (N-methyl/N-ethyl adjacent to an activating group) is 1. The molecule has 0 aliphatic carbocycles. The lowest BCUT2D eigenvalue weighted by molar-refractivity contribution is -0.384. The number of nitro benzene ring substituents is 1. The minimum absolute atomic E-state index is 0.0919. The number of hydrogen-bond donors (Lipinski definition) is 0.